The lowest BCUT2D eigenvalue weighted by molar-refractivity contribution is -0.167. The van der Waals surface area contributed by atoms with Crippen molar-refractivity contribution in [2.45, 2.75) is 36.3 Å². The third kappa shape index (κ3) is 1.30. The molecule has 3 saturated heterocycles. The molecule has 1 aromatic carbocycles. The molecule has 4 aliphatic heterocycles. The number of hydrogen-bond acceptors (Lipinski definition) is 5. The molecule has 0 radical (unpaired) electrons. The van der Waals surface area contributed by atoms with Crippen LogP contribution in [0.2, 0.25) is 0 Å². The number of piperidine rings is 2. The number of para-hydroxylation sites is 1. The number of nitrogens with zero attached hydrogens (tertiary/aromatic N) is 1. The Morgan fingerprint density at radius 3 is 3.12 bits per heavy atom. The molecule has 0 aromatic heterocycles. The first-order valence-corrected chi connectivity index (χ1v) is 9.18. The molecule has 5 nitrogen and oxygen atoms in total. The Balaban J connectivity index is 1.65. The second-order valence-electron chi connectivity index (χ2n) is 8.17. The van der Waals surface area contributed by atoms with Crippen LogP contribution in [0, 0.1) is 17.8 Å². The summed E-state index contributed by atoms with van der Waals surface area (Å²) in [5.41, 5.74) is 1.50. The summed E-state index contributed by atoms with van der Waals surface area (Å²) in [6, 6.07) is 8.71. The number of ether oxygens (including phenoxy) is 2. The van der Waals surface area contributed by atoms with Gasteiger partial charge in [-0.15, -0.1) is 6.58 Å². The van der Waals surface area contributed by atoms with E-state index in [9.17, 15) is 4.79 Å². The highest BCUT2D eigenvalue weighted by atomic mass is 16.6. The Hall–Kier alpha value is -1.85. The van der Waals surface area contributed by atoms with Gasteiger partial charge >= 0.3 is 5.97 Å². The van der Waals surface area contributed by atoms with Gasteiger partial charge < -0.3 is 14.8 Å². The number of methoxy groups -OCH3 is 1. The van der Waals surface area contributed by atoms with Crippen LogP contribution in [0.15, 0.2) is 36.9 Å². The van der Waals surface area contributed by atoms with E-state index < -0.39 is 5.72 Å². The van der Waals surface area contributed by atoms with E-state index in [1.54, 1.807) is 0 Å². The van der Waals surface area contributed by atoms with Crippen molar-refractivity contribution in [3.63, 3.8) is 0 Å². The first-order valence-electron chi connectivity index (χ1n) is 9.18. The van der Waals surface area contributed by atoms with Gasteiger partial charge in [0.2, 0.25) is 0 Å². The van der Waals surface area contributed by atoms with Gasteiger partial charge in [-0.25, -0.2) is 0 Å². The number of carbonyl (C=O) groups excluding carboxylic acids is 1. The minimum atomic E-state index is -0.497. The maximum absolute atomic E-state index is 13.1. The van der Waals surface area contributed by atoms with Gasteiger partial charge in [0.1, 0.15) is 6.23 Å². The van der Waals surface area contributed by atoms with Crippen molar-refractivity contribution >= 4 is 11.7 Å². The van der Waals surface area contributed by atoms with E-state index in [4.69, 9.17) is 9.47 Å². The molecule has 5 heteroatoms. The van der Waals surface area contributed by atoms with Gasteiger partial charge in [0.25, 0.3) is 0 Å². The summed E-state index contributed by atoms with van der Waals surface area (Å²) < 4.78 is 12.0. The molecular weight excluding hydrogens is 316 g/mol. The first kappa shape index (κ1) is 14.3. The molecule has 6 rings (SSSR count). The van der Waals surface area contributed by atoms with E-state index in [0.717, 1.165) is 25.1 Å². The van der Waals surface area contributed by atoms with E-state index in [-0.39, 0.29) is 29.4 Å². The molecular formula is C20H22N2O3. The summed E-state index contributed by atoms with van der Waals surface area (Å²) in [4.78, 5) is 15.6. The monoisotopic (exact) mass is 338 g/mol. The Bertz CT molecular complexity index is 810. The maximum Gasteiger partial charge on any atom is 0.310 e. The number of carbonyl (C=O) groups is 1. The van der Waals surface area contributed by atoms with Gasteiger partial charge in [-0.1, -0.05) is 24.3 Å². The maximum atomic E-state index is 13.1. The molecule has 4 fully saturated rings. The SMILES string of the molecule is C=C[C@H]1CN2[C@@H]3C[C@@]45c6ccccc6N[C@]4(O3)[C@@H]2C[C@@H]1[C@@H]5C(=O)OC. The smallest absolute Gasteiger partial charge is 0.310 e. The van der Waals surface area contributed by atoms with Crippen molar-refractivity contribution in [3.8, 4) is 0 Å². The topological polar surface area (TPSA) is 50.8 Å². The van der Waals surface area contributed by atoms with Crippen molar-refractivity contribution < 1.29 is 14.3 Å². The highest BCUT2D eigenvalue weighted by molar-refractivity contribution is 5.80. The molecule has 1 aromatic rings. The van der Waals surface area contributed by atoms with Gasteiger partial charge in [0.05, 0.1) is 24.5 Å². The van der Waals surface area contributed by atoms with Crippen LogP contribution in [0.5, 0.6) is 0 Å². The number of nitrogens with one attached hydrogen (secondary N) is 1. The molecule has 0 unspecified atom stereocenters. The molecule has 1 saturated carbocycles. The van der Waals surface area contributed by atoms with Crippen LogP contribution in [-0.2, 0) is 19.7 Å². The average molecular weight is 338 g/mol. The number of rotatable bonds is 2. The predicted octanol–water partition coefficient (Wildman–Crippen LogP) is 2.10. The fraction of sp³-hybridized carbons (Fsp3) is 0.550. The number of hydrogen-bond donors (Lipinski definition) is 1. The summed E-state index contributed by atoms with van der Waals surface area (Å²) in [6.07, 6.45) is 3.91. The van der Waals surface area contributed by atoms with Crippen molar-refractivity contribution in [2.24, 2.45) is 17.8 Å². The summed E-state index contributed by atoms with van der Waals surface area (Å²) >= 11 is 0. The molecule has 1 N–H and O–H groups in total. The fourth-order valence-corrected chi connectivity index (χ4v) is 6.88. The van der Waals surface area contributed by atoms with Gasteiger partial charge in [0, 0.05) is 18.7 Å². The molecule has 4 heterocycles. The standard InChI is InChI=1S/C20H22N2O3/c1-3-11-10-22-15-8-12(11)17(18(23)24-2)19-9-16(22)25-20(15,19)21-14-7-5-4-6-13(14)19/h3-7,11-12,15-17,21H,1,8-10H2,2H3/t11-,12-,15-,16-,17+,19-,20-/m0/s1. The van der Waals surface area contributed by atoms with E-state index in [0.29, 0.717) is 12.0 Å². The lowest BCUT2D eigenvalue weighted by atomic mass is 9.49. The van der Waals surface area contributed by atoms with Crippen LogP contribution >= 0.6 is 0 Å². The normalized spacial score (nSPS) is 48.0. The molecule has 7 atom stereocenters. The molecule has 0 amide bonds. The van der Waals surface area contributed by atoms with E-state index >= 15 is 0 Å². The van der Waals surface area contributed by atoms with E-state index in [1.807, 2.05) is 12.1 Å². The summed E-state index contributed by atoms with van der Waals surface area (Å²) in [6.45, 7) is 4.99. The quantitative estimate of drug-likeness (QED) is 0.661. The lowest BCUT2D eigenvalue weighted by Gasteiger charge is -2.61. The minimum Gasteiger partial charge on any atom is -0.469 e. The van der Waals surface area contributed by atoms with Crippen LogP contribution in [0.4, 0.5) is 5.69 Å². The van der Waals surface area contributed by atoms with Gasteiger partial charge in [0.15, 0.2) is 5.72 Å². The number of esters is 1. The zero-order valence-electron chi connectivity index (χ0n) is 14.3. The van der Waals surface area contributed by atoms with Crippen molar-refractivity contribution in [2.75, 3.05) is 19.0 Å². The van der Waals surface area contributed by atoms with E-state index in [2.05, 4.69) is 35.0 Å². The first-order chi connectivity index (χ1) is 12.2. The third-order valence-corrected chi connectivity index (χ3v) is 7.63. The van der Waals surface area contributed by atoms with Crippen LogP contribution < -0.4 is 5.32 Å². The van der Waals surface area contributed by atoms with Crippen LogP contribution in [0.1, 0.15) is 18.4 Å². The number of benzene rings is 1. The van der Waals surface area contributed by atoms with Gasteiger partial charge in [-0.2, -0.15) is 0 Å². The molecule has 1 spiro atoms. The fourth-order valence-electron chi connectivity index (χ4n) is 6.88. The molecule has 1 aliphatic carbocycles. The largest absolute Gasteiger partial charge is 0.469 e. The highest BCUT2D eigenvalue weighted by Gasteiger charge is 2.82. The third-order valence-electron chi connectivity index (χ3n) is 7.63. The second kappa shape index (κ2) is 4.27. The summed E-state index contributed by atoms with van der Waals surface area (Å²) in [7, 11) is 1.51. The van der Waals surface area contributed by atoms with Crippen molar-refractivity contribution in [3.05, 3.63) is 42.5 Å². The van der Waals surface area contributed by atoms with Crippen molar-refractivity contribution in [1.82, 2.24) is 4.90 Å². The van der Waals surface area contributed by atoms with Crippen LogP contribution in [0.3, 0.4) is 0 Å². The molecule has 5 aliphatic rings. The van der Waals surface area contributed by atoms with Crippen molar-refractivity contribution in [1.29, 1.82) is 0 Å². The molecule has 4 bridgehead atoms. The summed E-state index contributed by atoms with van der Waals surface area (Å²) in [5.74, 6) is 0.264. The zero-order chi connectivity index (χ0) is 17.0. The minimum absolute atomic E-state index is 0.0710. The molecule has 130 valence electrons. The summed E-state index contributed by atoms with van der Waals surface area (Å²) in [5, 5.41) is 3.72. The highest BCUT2D eigenvalue weighted by Crippen LogP contribution is 2.72. The van der Waals surface area contributed by atoms with Gasteiger partial charge in [-0.05, 0) is 29.9 Å². The van der Waals surface area contributed by atoms with Gasteiger partial charge in [-0.3, -0.25) is 9.69 Å². The van der Waals surface area contributed by atoms with Crippen LogP contribution in [-0.4, -0.2) is 42.5 Å². The Labute approximate surface area is 147 Å². The Kier molecular flexibility index (Phi) is 2.45. The average Bonchev–Trinajstić information content (AvgIpc) is 3.22. The lowest BCUT2D eigenvalue weighted by Crippen LogP contribution is -2.74. The Morgan fingerprint density at radius 1 is 1.48 bits per heavy atom. The molecule has 25 heavy (non-hydrogen) atoms. The number of fused-ring (bicyclic) bond motifs is 4. The predicted molar refractivity (Wildman–Crippen MR) is 91.8 cm³/mol. The second-order valence-corrected chi connectivity index (χ2v) is 8.17. The van der Waals surface area contributed by atoms with E-state index in [1.165, 1.54) is 12.7 Å². The number of anilines is 1. The van der Waals surface area contributed by atoms with Crippen LogP contribution in [0.25, 0.3) is 0 Å². The zero-order valence-corrected chi connectivity index (χ0v) is 14.3. The Morgan fingerprint density at radius 2 is 2.32 bits per heavy atom.